The van der Waals surface area contributed by atoms with Crippen LogP contribution in [0.4, 0.5) is 16.4 Å². The van der Waals surface area contributed by atoms with Crippen molar-refractivity contribution in [3.63, 3.8) is 0 Å². The number of ether oxygens (including phenoxy) is 1. The summed E-state index contributed by atoms with van der Waals surface area (Å²) in [6.45, 7) is 6.44. The van der Waals surface area contributed by atoms with Gasteiger partial charge in [0, 0.05) is 34.6 Å². The highest BCUT2D eigenvalue weighted by Gasteiger charge is 2.32. The van der Waals surface area contributed by atoms with Gasteiger partial charge in [-0.05, 0) is 73.9 Å². The molecule has 0 aliphatic carbocycles. The summed E-state index contributed by atoms with van der Waals surface area (Å²) in [4.78, 5) is 42.7. The highest BCUT2D eigenvalue weighted by atomic mass is 32.2. The van der Waals surface area contributed by atoms with Gasteiger partial charge in [-0.2, -0.15) is 0 Å². The van der Waals surface area contributed by atoms with E-state index in [2.05, 4.69) is 16.0 Å². The van der Waals surface area contributed by atoms with Crippen molar-refractivity contribution < 1.29 is 19.1 Å². The van der Waals surface area contributed by atoms with Crippen molar-refractivity contribution in [2.45, 2.75) is 43.9 Å². The average Bonchev–Trinajstić information content (AvgIpc) is 3.38. The molecule has 0 fully saturated rings. The number of rotatable bonds is 9. The topological polar surface area (TPSA) is 99.8 Å². The number of hydrogen-bond acceptors (Lipinski definition) is 7. The highest BCUT2D eigenvalue weighted by Crippen LogP contribution is 2.41. The molecule has 0 spiro atoms. The lowest BCUT2D eigenvalue weighted by Crippen LogP contribution is -2.34. The van der Waals surface area contributed by atoms with Gasteiger partial charge in [-0.15, -0.1) is 23.1 Å². The molecule has 5 rings (SSSR count). The molecule has 0 saturated heterocycles. The summed E-state index contributed by atoms with van der Waals surface area (Å²) < 4.78 is 5.39. The maximum atomic E-state index is 14.0. The van der Waals surface area contributed by atoms with E-state index >= 15 is 0 Å². The molecule has 45 heavy (non-hydrogen) atoms. The molecule has 8 nitrogen and oxygen atoms in total. The molecule has 3 aromatic carbocycles. The molecule has 1 aliphatic heterocycles. The molecule has 4 aromatic rings. The Morgan fingerprint density at radius 3 is 2.42 bits per heavy atom. The van der Waals surface area contributed by atoms with Gasteiger partial charge in [0.2, 0.25) is 11.8 Å². The summed E-state index contributed by atoms with van der Waals surface area (Å²) >= 11 is 8.26. The van der Waals surface area contributed by atoms with Crippen LogP contribution in [0.5, 0.6) is 0 Å². The van der Waals surface area contributed by atoms with Gasteiger partial charge in [0.25, 0.3) is 0 Å². The number of amides is 2. The number of hydrogen-bond donors (Lipinski definition) is 3. The number of esters is 1. The Morgan fingerprint density at radius 2 is 1.71 bits per heavy atom. The van der Waals surface area contributed by atoms with Gasteiger partial charge in [0.1, 0.15) is 10.3 Å². The predicted molar refractivity (Wildman–Crippen MR) is 186 cm³/mol. The first-order valence-corrected chi connectivity index (χ1v) is 16.7. The van der Waals surface area contributed by atoms with E-state index in [1.807, 2.05) is 85.8 Å². The fourth-order valence-electron chi connectivity index (χ4n) is 4.97. The minimum atomic E-state index is -0.623. The monoisotopic (exact) mass is 658 g/mol. The van der Waals surface area contributed by atoms with E-state index in [1.54, 1.807) is 11.8 Å². The third-order valence-corrected chi connectivity index (χ3v) is 9.80. The van der Waals surface area contributed by atoms with Gasteiger partial charge in [0.05, 0.1) is 18.7 Å². The van der Waals surface area contributed by atoms with Gasteiger partial charge >= 0.3 is 5.97 Å². The van der Waals surface area contributed by atoms with Crippen molar-refractivity contribution in [2.75, 3.05) is 29.1 Å². The van der Waals surface area contributed by atoms with Crippen LogP contribution in [0.15, 0.2) is 83.8 Å². The molecule has 0 bridgehead atoms. The Kier molecular flexibility index (Phi) is 10.5. The van der Waals surface area contributed by atoms with E-state index in [-0.39, 0.29) is 18.4 Å². The second kappa shape index (κ2) is 14.7. The zero-order valence-electron chi connectivity index (χ0n) is 25.2. The minimum Gasteiger partial charge on any atom is -0.462 e. The standard InChI is InChI=1S/C34H34N4O4S3/c1-4-42-33(41)29-27-17-18-38(22(3)39)20-28(27)45-32(29)37-31(40)30(23-9-6-5-7-10-23)44-26-12-8-11-25(19-26)36-34(43)35-24-15-13-21(2)14-16-24/h5-16,19,30H,4,17-18,20H2,1-3H3,(H,37,40)(H2,35,36,43). The molecule has 1 aromatic heterocycles. The van der Waals surface area contributed by atoms with Gasteiger partial charge in [-0.25, -0.2) is 4.79 Å². The van der Waals surface area contributed by atoms with Crippen molar-refractivity contribution in [3.05, 3.63) is 106 Å². The number of fused-ring (bicyclic) bond motifs is 1. The first-order valence-electron chi connectivity index (χ1n) is 14.6. The molecule has 0 saturated carbocycles. The summed E-state index contributed by atoms with van der Waals surface area (Å²) in [6.07, 6.45) is 0.521. The lowest BCUT2D eigenvalue weighted by atomic mass is 10.0. The number of thioether (sulfide) groups is 1. The lowest BCUT2D eigenvalue weighted by molar-refractivity contribution is -0.129. The first kappa shape index (κ1) is 32.2. The molecule has 1 atom stereocenters. The highest BCUT2D eigenvalue weighted by molar-refractivity contribution is 8.00. The molecule has 1 unspecified atom stereocenters. The van der Waals surface area contributed by atoms with E-state index < -0.39 is 11.2 Å². The number of nitrogens with one attached hydrogen (secondary N) is 3. The quantitative estimate of drug-likeness (QED) is 0.0971. The van der Waals surface area contributed by atoms with Crippen LogP contribution in [-0.4, -0.2) is 40.9 Å². The Bertz CT molecular complexity index is 1710. The molecule has 2 heterocycles. The molecule has 232 valence electrons. The van der Waals surface area contributed by atoms with Crippen molar-refractivity contribution in [1.29, 1.82) is 0 Å². The molecule has 2 amide bonds. The molecular weight excluding hydrogens is 625 g/mol. The number of thiophene rings is 1. The van der Waals surface area contributed by atoms with Crippen LogP contribution in [0, 0.1) is 6.92 Å². The van der Waals surface area contributed by atoms with E-state index in [0.29, 0.717) is 35.2 Å². The minimum absolute atomic E-state index is 0.0266. The van der Waals surface area contributed by atoms with Crippen molar-refractivity contribution in [2.24, 2.45) is 0 Å². The Balaban J connectivity index is 1.38. The number of benzene rings is 3. The third kappa shape index (κ3) is 8.10. The molecule has 1 aliphatic rings. The Morgan fingerprint density at radius 1 is 0.978 bits per heavy atom. The Hall–Kier alpha value is -4.19. The zero-order chi connectivity index (χ0) is 31.9. The van der Waals surface area contributed by atoms with Crippen molar-refractivity contribution in [1.82, 2.24) is 4.90 Å². The summed E-state index contributed by atoms with van der Waals surface area (Å²) in [5.74, 6) is -0.769. The van der Waals surface area contributed by atoms with Crippen LogP contribution in [0.25, 0.3) is 0 Å². The van der Waals surface area contributed by atoms with Crippen LogP contribution in [0.1, 0.15) is 51.0 Å². The summed E-state index contributed by atoms with van der Waals surface area (Å²) in [7, 11) is 0. The van der Waals surface area contributed by atoms with E-state index in [1.165, 1.54) is 30.0 Å². The maximum absolute atomic E-state index is 14.0. The van der Waals surface area contributed by atoms with Crippen molar-refractivity contribution in [3.8, 4) is 0 Å². The summed E-state index contributed by atoms with van der Waals surface area (Å²) in [5, 5.41) is 9.75. The van der Waals surface area contributed by atoms with Gasteiger partial charge in [-0.1, -0.05) is 54.1 Å². The summed E-state index contributed by atoms with van der Waals surface area (Å²) in [6, 6.07) is 25.2. The van der Waals surface area contributed by atoms with Crippen LogP contribution >= 0.6 is 35.3 Å². The average molecular weight is 659 g/mol. The second-order valence-electron chi connectivity index (χ2n) is 10.5. The van der Waals surface area contributed by atoms with Crippen LogP contribution in [0.3, 0.4) is 0 Å². The fourth-order valence-corrected chi connectivity index (χ4v) is 7.54. The van der Waals surface area contributed by atoms with E-state index in [0.717, 1.165) is 37.8 Å². The van der Waals surface area contributed by atoms with Crippen LogP contribution in [0.2, 0.25) is 0 Å². The third-order valence-electron chi connectivity index (χ3n) is 7.21. The number of aryl methyl sites for hydroxylation is 1. The largest absolute Gasteiger partial charge is 0.462 e. The number of carbonyl (C=O) groups excluding carboxylic acids is 3. The zero-order valence-corrected chi connectivity index (χ0v) is 27.7. The van der Waals surface area contributed by atoms with Crippen LogP contribution < -0.4 is 16.0 Å². The predicted octanol–water partition coefficient (Wildman–Crippen LogP) is 7.42. The number of thiocarbonyl (C=S) groups is 1. The van der Waals surface area contributed by atoms with E-state index in [4.69, 9.17) is 17.0 Å². The van der Waals surface area contributed by atoms with Crippen LogP contribution in [-0.2, 0) is 27.3 Å². The van der Waals surface area contributed by atoms with Crippen molar-refractivity contribution >= 4 is 74.6 Å². The van der Waals surface area contributed by atoms with Gasteiger partial charge in [0.15, 0.2) is 5.11 Å². The molecule has 11 heteroatoms. The van der Waals surface area contributed by atoms with Gasteiger partial charge < -0.3 is 25.6 Å². The smallest absolute Gasteiger partial charge is 0.341 e. The SMILES string of the molecule is CCOC(=O)c1c(NC(=O)C(Sc2cccc(NC(=S)Nc3ccc(C)cc3)c2)c2ccccc2)sc2c1CCN(C(C)=O)C2. The second-order valence-corrected chi connectivity index (χ2v) is 13.2. The number of anilines is 3. The molecule has 3 N–H and O–H groups in total. The fraction of sp³-hybridized carbons (Fsp3) is 0.235. The van der Waals surface area contributed by atoms with Gasteiger partial charge in [-0.3, -0.25) is 9.59 Å². The lowest BCUT2D eigenvalue weighted by Gasteiger charge is -2.25. The Labute approximate surface area is 276 Å². The normalized spacial score (nSPS) is 12.9. The first-order chi connectivity index (χ1) is 21.7. The molecular formula is C34H34N4O4S3. The summed E-state index contributed by atoms with van der Waals surface area (Å²) in [5.41, 5.74) is 4.86. The number of carbonyl (C=O) groups is 3. The molecule has 0 radical (unpaired) electrons. The van der Waals surface area contributed by atoms with E-state index in [9.17, 15) is 14.4 Å². The number of nitrogens with zero attached hydrogens (tertiary/aromatic N) is 1. The maximum Gasteiger partial charge on any atom is 0.341 e.